The fourth-order valence-corrected chi connectivity index (χ4v) is 5.49. The molecule has 49 heavy (non-hydrogen) atoms. The summed E-state index contributed by atoms with van der Waals surface area (Å²) in [6.45, 7) is 4.09. The SMILES string of the molecule is COC(=O)c1ccc2c(c1)NC(=O)C2=C(Nc1ccc(N(C)C(=O)CN2CCN(C)CC2)cc1)c1ccccc1.O=C(O)c1ccccc1. The van der Waals surface area contributed by atoms with Crippen LogP contribution in [0.5, 0.6) is 0 Å². The molecule has 2 aliphatic heterocycles. The first-order chi connectivity index (χ1) is 23.6. The van der Waals surface area contributed by atoms with Gasteiger partial charge in [0.05, 0.1) is 41.7 Å². The minimum absolute atomic E-state index is 0.0444. The third-order valence-corrected chi connectivity index (χ3v) is 8.37. The van der Waals surface area contributed by atoms with Crippen LogP contribution in [0.1, 0.15) is 31.8 Å². The van der Waals surface area contributed by atoms with E-state index in [1.165, 1.54) is 7.11 Å². The van der Waals surface area contributed by atoms with Gasteiger partial charge in [0.15, 0.2) is 0 Å². The van der Waals surface area contributed by atoms with Gasteiger partial charge in [-0.3, -0.25) is 14.5 Å². The Hall–Kier alpha value is -5.78. The number of fused-ring (bicyclic) bond motifs is 1. The second-order valence-electron chi connectivity index (χ2n) is 11.7. The van der Waals surface area contributed by atoms with Crippen LogP contribution in [0.4, 0.5) is 17.1 Å². The fourth-order valence-electron chi connectivity index (χ4n) is 5.49. The predicted octanol–water partition coefficient (Wildman–Crippen LogP) is 5.00. The molecule has 1 fully saturated rings. The topological polar surface area (TPSA) is 132 Å². The maximum Gasteiger partial charge on any atom is 0.337 e. The largest absolute Gasteiger partial charge is 0.478 e. The zero-order chi connectivity index (χ0) is 34.9. The average molecular weight is 662 g/mol. The molecule has 4 aromatic rings. The number of piperazine rings is 1. The molecule has 11 nitrogen and oxygen atoms in total. The van der Waals surface area contributed by atoms with Gasteiger partial charge in [-0.05, 0) is 61.1 Å². The third kappa shape index (κ3) is 8.58. The van der Waals surface area contributed by atoms with Crippen molar-refractivity contribution in [3.8, 4) is 0 Å². The number of nitrogens with zero attached hydrogens (tertiary/aromatic N) is 3. The van der Waals surface area contributed by atoms with Gasteiger partial charge in [0.2, 0.25) is 5.91 Å². The lowest BCUT2D eigenvalue weighted by molar-refractivity contribution is -0.119. The summed E-state index contributed by atoms with van der Waals surface area (Å²) in [6, 6.07) is 30.5. The minimum Gasteiger partial charge on any atom is -0.478 e. The Morgan fingerprint density at radius 3 is 2.02 bits per heavy atom. The lowest BCUT2D eigenvalue weighted by atomic mass is 9.99. The number of carbonyl (C=O) groups is 4. The van der Waals surface area contributed by atoms with E-state index in [0.29, 0.717) is 40.2 Å². The molecular weight excluding hydrogens is 622 g/mol. The summed E-state index contributed by atoms with van der Waals surface area (Å²) in [6.07, 6.45) is 0. The molecule has 6 rings (SSSR count). The summed E-state index contributed by atoms with van der Waals surface area (Å²) in [7, 11) is 5.21. The monoisotopic (exact) mass is 661 g/mol. The van der Waals surface area contributed by atoms with Crippen LogP contribution in [-0.2, 0) is 14.3 Å². The molecule has 4 aromatic carbocycles. The Morgan fingerprint density at radius 1 is 0.837 bits per heavy atom. The molecule has 2 amide bonds. The smallest absolute Gasteiger partial charge is 0.337 e. The number of ether oxygens (including phenoxy) is 1. The van der Waals surface area contributed by atoms with Crippen LogP contribution in [0.25, 0.3) is 11.3 Å². The Balaban J connectivity index is 0.000000452. The van der Waals surface area contributed by atoms with Gasteiger partial charge in [-0.2, -0.15) is 0 Å². The van der Waals surface area contributed by atoms with Gasteiger partial charge < -0.3 is 30.3 Å². The molecule has 0 aromatic heterocycles. The van der Waals surface area contributed by atoms with Crippen LogP contribution in [0, 0.1) is 0 Å². The maximum absolute atomic E-state index is 13.2. The van der Waals surface area contributed by atoms with Gasteiger partial charge in [0.1, 0.15) is 0 Å². The number of rotatable bonds is 8. The average Bonchev–Trinajstić information content (AvgIpc) is 3.46. The molecule has 0 radical (unpaired) electrons. The van der Waals surface area contributed by atoms with E-state index in [4.69, 9.17) is 9.84 Å². The molecule has 0 aliphatic carbocycles. The van der Waals surface area contributed by atoms with E-state index in [9.17, 15) is 19.2 Å². The van der Waals surface area contributed by atoms with Crippen LogP contribution in [0.2, 0.25) is 0 Å². The number of amides is 2. The molecule has 0 atom stereocenters. The Bertz CT molecular complexity index is 1840. The summed E-state index contributed by atoms with van der Waals surface area (Å²) >= 11 is 0. The number of hydrogen-bond acceptors (Lipinski definition) is 8. The zero-order valence-corrected chi connectivity index (χ0v) is 27.7. The maximum atomic E-state index is 13.2. The highest BCUT2D eigenvalue weighted by Gasteiger charge is 2.29. The van der Waals surface area contributed by atoms with Crippen molar-refractivity contribution in [3.05, 3.63) is 125 Å². The number of aromatic carboxylic acids is 1. The highest BCUT2D eigenvalue weighted by Crippen LogP contribution is 2.38. The van der Waals surface area contributed by atoms with Crippen LogP contribution in [-0.4, -0.2) is 92.6 Å². The quantitative estimate of drug-likeness (QED) is 0.176. The van der Waals surface area contributed by atoms with Crippen molar-refractivity contribution in [1.82, 2.24) is 9.80 Å². The number of nitrogens with one attached hydrogen (secondary N) is 2. The number of hydrogen-bond donors (Lipinski definition) is 3. The van der Waals surface area contributed by atoms with Gasteiger partial charge in [-0.1, -0.05) is 54.6 Å². The Labute approximate surface area is 285 Å². The van der Waals surface area contributed by atoms with E-state index < -0.39 is 11.9 Å². The van der Waals surface area contributed by atoms with Crippen LogP contribution >= 0.6 is 0 Å². The number of methoxy groups -OCH3 is 1. The number of likely N-dealkylation sites (N-methyl/N-ethyl adjacent to an activating group) is 2. The molecule has 2 aliphatic rings. The van der Waals surface area contributed by atoms with Crippen LogP contribution in [0.3, 0.4) is 0 Å². The standard InChI is InChI=1S/C31H33N5O4.C7H6O2/c1-34-15-17-36(18-16-34)20-27(37)35(2)24-12-10-23(11-13-24)32-29(21-7-5-4-6-8-21)28-25-14-9-22(31(39)40-3)19-26(25)33-30(28)38;8-7(9)6-4-2-1-3-5-6/h4-14,19,32H,15-18,20H2,1-3H3,(H,33,38);1-5H,(H,8,9). The van der Waals surface area contributed by atoms with Crippen molar-refractivity contribution in [1.29, 1.82) is 0 Å². The highest BCUT2D eigenvalue weighted by atomic mass is 16.5. The number of anilines is 3. The van der Waals surface area contributed by atoms with Crippen molar-refractivity contribution in [2.45, 2.75) is 0 Å². The summed E-state index contributed by atoms with van der Waals surface area (Å²) in [5.41, 5.74) is 5.43. The molecule has 252 valence electrons. The van der Waals surface area contributed by atoms with E-state index in [-0.39, 0.29) is 11.8 Å². The van der Waals surface area contributed by atoms with Crippen molar-refractivity contribution >= 4 is 52.1 Å². The molecule has 0 spiro atoms. The lowest BCUT2D eigenvalue weighted by Gasteiger charge is -2.32. The number of esters is 1. The number of carboxylic acids is 1. The van der Waals surface area contributed by atoms with Gasteiger partial charge in [-0.15, -0.1) is 0 Å². The number of carboxylic acid groups (broad SMARTS) is 1. The van der Waals surface area contributed by atoms with E-state index in [2.05, 4.69) is 27.5 Å². The summed E-state index contributed by atoms with van der Waals surface area (Å²) < 4.78 is 4.82. The van der Waals surface area contributed by atoms with Crippen molar-refractivity contribution in [2.75, 3.05) is 69.5 Å². The van der Waals surface area contributed by atoms with Crippen molar-refractivity contribution in [2.24, 2.45) is 0 Å². The molecule has 3 N–H and O–H groups in total. The molecule has 1 saturated heterocycles. The van der Waals surface area contributed by atoms with Gasteiger partial charge in [0, 0.05) is 50.2 Å². The third-order valence-electron chi connectivity index (χ3n) is 8.37. The van der Waals surface area contributed by atoms with Crippen LogP contribution < -0.4 is 15.5 Å². The Morgan fingerprint density at radius 2 is 1.45 bits per heavy atom. The van der Waals surface area contributed by atoms with Crippen LogP contribution in [0.15, 0.2) is 103 Å². The second kappa shape index (κ2) is 15.9. The van der Waals surface area contributed by atoms with Crippen molar-refractivity contribution in [3.63, 3.8) is 0 Å². The summed E-state index contributed by atoms with van der Waals surface area (Å²) in [5, 5.41) is 14.7. The van der Waals surface area contributed by atoms with E-state index in [0.717, 1.165) is 43.1 Å². The van der Waals surface area contributed by atoms with Crippen molar-refractivity contribution < 1.29 is 29.0 Å². The Kier molecular flexibility index (Phi) is 11.2. The highest BCUT2D eigenvalue weighted by molar-refractivity contribution is 6.37. The lowest BCUT2D eigenvalue weighted by Crippen LogP contribution is -2.48. The molecule has 11 heteroatoms. The molecule has 0 bridgehead atoms. The number of carbonyl (C=O) groups excluding carboxylic acids is 3. The zero-order valence-electron chi connectivity index (χ0n) is 27.7. The predicted molar refractivity (Wildman–Crippen MR) is 190 cm³/mol. The summed E-state index contributed by atoms with van der Waals surface area (Å²) in [4.78, 5) is 54.5. The first-order valence-electron chi connectivity index (χ1n) is 15.8. The number of benzene rings is 4. The van der Waals surface area contributed by atoms with E-state index >= 15 is 0 Å². The minimum atomic E-state index is -0.879. The van der Waals surface area contributed by atoms with E-state index in [1.807, 2.05) is 54.6 Å². The van der Waals surface area contributed by atoms with Gasteiger partial charge in [-0.25, -0.2) is 9.59 Å². The van der Waals surface area contributed by atoms with Gasteiger partial charge >= 0.3 is 11.9 Å². The van der Waals surface area contributed by atoms with Gasteiger partial charge in [0.25, 0.3) is 5.91 Å². The van der Waals surface area contributed by atoms with E-state index in [1.54, 1.807) is 60.5 Å². The molecule has 2 heterocycles. The fraction of sp³-hybridized carbons (Fsp3) is 0.211. The first-order valence-corrected chi connectivity index (χ1v) is 15.8. The first kappa shape index (κ1) is 34.6. The summed E-state index contributed by atoms with van der Waals surface area (Å²) in [5.74, 6) is -1.57. The molecule has 0 saturated carbocycles. The molecule has 0 unspecified atom stereocenters. The normalized spacial score (nSPS) is 15.2. The second-order valence-corrected chi connectivity index (χ2v) is 11.7. The molecular formula is C38H39N5O6.